The van der Waals surface area contributed by atoms with Gasteiger partial charge in [0.15, 0.2) is 6.61 Å². The number of benzene rings is 1. The first-order chi connectivity index (χ1) is 13.9. The van der Waals surface area contributed by atoms with Gasteiger partial charge in [-0.25, -0.2) is 9.78 Å². The van der Waals surface area contributed by atoms with Crippen molar-refractivity contribution in [3.63, 3.8) is 0 Å². The summed E-state index contributed by atoms with van der Waals surface area (Å²) >= 11 is 7.12. The molecule has 1 amide bonds. The Bertz CT molecular complexity index is 943. The monoisotopic (exact) mass is 431 g/mol. The van der Waals surface area contributed by atoms with Crippen molar-refractivity contribution >= 4 is 34.8 Å². The Hall–Kier alpha value is -2.43. The van der Waals surface area contributed by atoms with Crippen LogP contribution in [-0.2, 0) is 9.53 Å². The number of thiazole rings is 1. The Morgan fingerprint density at radius 3 is 2.55 bits per heavy atom. The van der Waals surface area contributed by atoms with E-state index < -0.39 is 18.1 Å². The molecule has 0 saturated heterocycles. The van der Waals surface area contributed by atoms with Gasteiger partial charge in [-0.3, -0.25) is 4.79 Å². The smallest absolute Gasteiger partial charge is 0.350 e. The molecule has 152 valence electrons. The predicted octanol–water partition coefficient (Wildman–Crippen LogP) is 4.61. The van der Waals surface area contributed by atoms with E-state index in [4.69, 9.17) is 16.3 Å². The quantitative estimate of drug-likeness (QED) is 0.645. The topological polar surface area (TPSA) is 83.3 Å². The van der Waals surface area contributed by atoms with Gasteiger partial charge in [0.2, 0.25) is 0 Å². The van der Waals surface area contributed by atoms with Crippen LogP contribution < -0.4 is 0 Å². The number of amides is 1. The molecule has 0 spiro atoms. The van der Waals surface area contributed by atoms with Crippen molar-refractivity contribution in [1.29, 1.82) is 5.26 Å². The number of carbonyl (C=O) groups excluding carboxylic acids is 2. The van der Waals surface area contributed by atoms with Crippen LogP contribution in [0.15, 0.2) is 24.3 Å². The average Bonchev–Trinajstić information content (AvgIpc) is 3.13. The second-order valence-electron chi connectivity index (χ2n) is 7.17. The van der Waals surface area contributed by atoms with Crippen molar-refractivity contribution in [1.82, 2.24) is 9.88 Å². The Balaban J connectivity index is 1.65. The van der Waals surface area contributed by atoms with Crippen LogP contribution in [0.25, 0.3) is 10.6 Å². The van der Waals surface area contributed by atoms with E-state index in [0.717, 1.165) is 24.8 Å². The number of esters is 1. The van der Waals surface area contributed by atoms with E-state index in [1.54, 1.807) is 26.1 Å². The maximum absolute atomic E-state index is 12.6. The number of nitriles is 1. The lowest BCUT2D eigenvalue weighted by atomic mass is 9.81. The molecule has 1 saturated carbocycles. The van der Waals surface area contributed by atoms with E-state index in [9.17, 15) is 14.9 Å². The number of ether oxygens (including phenoxy) is 1. The lowest BCUT2D eigenvalue weighted by Gasteiger charge is -2.38. The minimum Gasteiger partial charge on any atom is -0.451 e. The lowest BCUT2D eigenvalue weighted by molar-refractivity contribution is -0.138. The molecule has 0 atom stereocenters. The van der Waals surface area contributed by atoms with Crippen LogP contribution in [0.4, 0.5) is 0 Å². The summed E-state index contributed by atoms with van der Waals surface area (Å²) in [6.45, 7) is 1.33. The standard InChI is InChI=1S/C21H22ClN3O3S/c1-14-18(29-19(24-14)15-6-8-16(22)9-7-15)20(27)28-12-17(26)25(2)21(13-23)10-4-3-5-11-21/h6-9H,3-5,10-12H2,1-2H3. The Kier molecular flexibility index (Phi) is 6.56. The summed E-state index contributed by atoms with van der Waals surface area (Å²) in [5.74, 6) is -0.960. The molecule has 3 rings (SSSR count). The number of halogens is 1. The van der Waals surface area contributed by atoms with E-state index in [0.29, 0.717) is 33.4 Å². The molecule has 1 aliphatic carbocycles. The molecule has 1 aromatic heterocycles. The van der Waals surface area contributed by atoms with E-state index >= 15 is 0 Å². The highest BCUT2D eigenvalue weighted by atomic mass is 35.5. The highest BCUT2D eigenvalue weighted by Gasteiger charge is 2.39. The molecule has 1 heterocycles. The minimum atomic E-state index is -0.802. The molecule has 0 N–H and O–H groups in total. The van der Waals surface area contributed by atoms with Crippen molar-refractivity contribution in [2.24, 2.45) is 0 Å². The summed E-state index contributed by atoms with van der Waals surface area (Å²) in [6, 6.07) is 9.49. The number of nitrogens with zero attached hydrogens (tertiary/aromatic N) is 3. The molecule has 1 fully saturated rings. The highest BCUT2D eigenvalue weighted by molar-refractivity contribution is 7.17. The van der Waals surface area contributed by atoms with E-state index in [1.165, 1.54) is 16.2 Å². The third kappa shape index (κ3) is 4.60. The van der Waals surface area contributed by atoms with Gasteiger partial charge >= 0.3 is 5.97 Å². The van der Waals surface area contributed by atoms with Crippen molar-refractivity contribution in [2.45, 2.75) is 44.6 Å². The summed E-state index contributed by atoms with van der Waals surface area (Å²) < 4.78 is 5.25. The van der Waals surface area contributed by atoms with Gasteiger partial charge in [0, 0.05) is 17.6 Å². The largest absolute Gasteiger partial charge is 0.451 e. The summed E-state index contributed by atoms with van der Waals surface area (Å²) in [6.07, 6.45) is 4.20. The maximum Gasteiger partial charge on any atom is 0.350 e. The van der Waals surface area contributed by atoms with Crippen molar-refractivity contribution in [2.75, 3.05) is 13.7 Å². The van der Waals surface area contributed by atoms with Crippen LogP contribution in [0.1, 0.15) is 47.5 Å². The molecule has 29 heavy (non-hydrogen) atoms. The van der Waals surface area contributed by atoms with Crippen LogP contribution >= 0.6 is 22.9 Å². The van der Waals surface area contributed by atoms with Gasteiger partial charge in [0.25, 0.3) is 5.91 Å². The normalized spacial score (nSPS) is 15.4. The number of rotatable bonds is 5. The fourth-order valence-corrected chi connectivity index (χ4v) is 4.58. The summed E-state index contributed by atoms with van der Waals surface area (Å²) in [7, 11) is 1.61. The van der Waals surface area contributed by atoms with Gasteiger partial charge in [-0.2, -0.15) is 5.26 Å². The van der Waals surface area contributed by atoms with Gasteiger partial charge in [-0.05, 0) is 31.9 Å². The predicted molar refractivity (Wildman–Crippen MR) is 112 cm³/mol. The maximum atomic E-state index is 12.6. The molecule has 0 unspecified atom stereocenters. The SMILES string of the molecule is Cc1nc(-c2ccc(Cl)cc2)sc1C(=O)OCC(=O)N(C)C1(C#N)CCCCC1. The Morgan fingerprint density at radius 1 is 1.28 bits per heavy atom. The zero-order valence-corrected chi connectivity index (χ0v) is 18.0. The van der Waals surface area contributed by atoms with Crippen molar-refractivity contribution in [3.05, 3.63) is 39.9 Å². The summed E-state index contributed by atoms with van der Waals surface area (Å²) in [4.78, 5) is 31.3. The number of hydrogen-bond acceptors (Lipinski definition) is 6. The molecule has 0 radical (unpaired) electrons. The summed E-state index contributed by atoms with van der Waals surface area (Å²) in [5, 5.41) is 10.9. The van der Waals surface area contributed by atoms with Crippen LogP contribution in [0, 0.1) is 18.3 Å². The van der Waals surface area contributed by atoms with Gasteiger partial charge in [0.1, 0.15) is 15.4 Å². The van der Waals surface area contributed by atoms with Crippen LogP contribution in [0.5, 0.6) is 0 Å². The third-order valence-electron chi connectivity index (χ3n) is 5.30. The minimum absolute atomic E-state index is 0.359. The molecule has 8 heteroatoms. The van der Waals surface area contributed by atoms with Gasteiger partial charge in [0.05, 0.1) is 11.8 Å². The van der Waals surface area contributed by atoms with Gasteiger partial charge < -0.3 is 9.64 Å². The van der Waals surface area contributed by atoms with E-state index in [1.807, 2.05) is 12.1 Å². The second-order valence-corrected chi connectivity index (χ2v) is 8.61. The lowest BCUT2D eigenvalue weighted by Crippen LogP contribution is -2.51. The summed E-state index contributed by atoms with van der Waals surface area (Å²) in [5.41, 5.74) is 0.598. The van der Waals surface area contributed by atoms with E-state index in [-0.39, 0.29) is 5.91 Å². The Morgan fingerprint density at radius 2 is 1.93 bits per heavy atom. The second kappa shape index (κ2) is 8.93. The van der Waals surface area contributed by atoms with Crippen molar-refractivity contribution in [3.8, 4) is 16.6 Å². The first kappa shape index (κ1) is 21.3. The zero-order valence-electron chi connectivity index (χ0n) is 16.4. The number of aryl methyl sites for hydroxylation is 1. The molecule has 6 nitrogen and oxygen atoms in total. The first-order valence-electron chi connectivity index (χ1n) is 9.45. The molecule has 1 aliphatic rings. The third-order valence-corrected chi connectivity index (χ3v) is 6.74. The number of hydrogen-bond donors (Lipinski definition) is 0. The molecule has 0 aliphatic heterocycles. The van der Waals surface area contributed by atoms with E-state index in [2.05, 4.69) is 11.1 Å². The zero-order chi connectivity index (χ0) is 21.0. The van der Waals surface area contributed by atoms with Crippen LogP contribution in [0.3, 0.4) is 0 Å². The first-order valence-corrected chi connectivity index (χ1v) is 10.6. The molecular formula is C21H22ClN3O3S. The molecule has 0 bridgehead atoms. The fraction of sp³-hybridized carbons (Fsp3) is 0.429. The average molecular weight is 432 g/mol. The number of carbonyl (C=O) groups is 2. The number of aromatic nitrogens is 1. The fourth-order valence-electron chi connectivity index (χ4n) is 3.49. The van der Waals surface area contributed by atoms with Gasteiger partial charge in [-0.15, -0.1) is 11.3 Å². The van der Waals surface area contributed by atoms with Gasteiger partial charge in [-0.1, -0.05) is 43.0 Å². The molecule has 1 aromatic carbocycles. The van der Waals surface area contributed by atoms with Crippen LogP contribution in [0.2, 0.25) is 5.02 Å². The number of likely N-dealkylation sites (N-methyl/N-ethyl adjacent to an activating group) is 1. The molecule has 2 aromatic rings. The van der Waals surface area contributed by atoms with Crippen LogP contribution in [-0.4, -0.2) is 41.0 Å². The van der Waals surface area contributed by atoms with Crippen molar-refractivity contribution < 1.29 is 14.3 Å². The Labute approximate surface area is 179 Å². The highest BCUT2D eigenvalue weighted by Crippen LogP contribution is 2.33. The molecular weight excluding hydrogens is 410 g/mol.